The smallest absolute Gasteiger partial charge is 0.324 e. The maximum absolute atomic E-state index is 13.4. The van der Waals surface area contributed by atoms with Crippen molar-refractivity contribution in [2.45, 2.75) is 65.1 Å². The monoisotopic (exact) mass is 425 g/mol. The van der Waals surface area contributed by atoms with E-state index < -0.39 is 11.7 Å². The number of hydrogen-bond acceptors (Lipinski definition) is 4. The third-order valence-electron chi connectivity index (χ3n) is 6.81. The molecule has 0 unspecified atom stereocenters. The van der Waals surface area contributed by atoms with Gasteiger partial charge in [-0.3, -0.25) is 19.4 Å². The number of carbonyl (C=O) groups is 3. The Morgan fingerprint density at radius 3 is 2.35 bits per heavy atom. The van der Waals surface area contributed by atoms with Crippen molar-refractivity contribution in [3.05, 3.63) is 29.8 Å². The fraction of sp³-hybridized carbons (Fsp3) is 0.542. The minimum absolute atomic E-state index is 0.152. The van der Waals surface area contributed by atoms with Crippen LogP contribution in [-0.4, -0.2) is 41.6 Å². The Balaban J connectivity index is 1.59. The van der Waals surface area contributed by atoms with Crippen LogP contribution in [0.5, 0.6) is 5.75 Å². The third-order valence-corrected chi connectivity index (χ3v) is 6.81. The van der Waals surface area contributed by atoms with E-state index in [4.69, 9.17) is 4.74 Å². The molecule has 1 aromatic carbocycles. The van der Waals surface area contributed by atoms with Crippen LogP contribution in [0.4, 0.5) is 10.5 Å². The average molecular weight is 426 g/mol. The molecule has 2 aliphatic heterocycles. The van der Waals surface area contributed by atoms with Crippen LogP contribution in [0, 0.1) is 11.8 Å². The van der Waals surface area contributed by atoms with E-state index in [9.17, 15) is 14.4 Å². The number of allylic oxidation sites excluding steroid dienone is 1. The molecule has 0 spiro atoms. The van der Waals surface area contributed by atoms with E-state index in [0.717, 1.165) is 48.3 Å². The zero-order valence-electron chi connectivity index (χ0n) is 18.9. The second-order valence-corrected chi connectivity index (χ2v) is 9.37. The number of benzene rings is 1. The van der Waals surface area contributed by atoms with Gasteiger partial charge in [-0.25, -0.2) is 4.79 Å². The maximum atomic E-state index is 13.4. The number of nitrogens with one attached hydrogen (secondary N) is 1. The minimum atomic E-state index is -0.706. The van der Waals surface area contributed by atoms with Crippen molar-refractivity contribution in [1.29, 1.82) is 0 Å². The molecule has 4 rings (SSSR count). The van der Waals surface area contributed by atoms with Crippen molar-refractivity contribution in [3.63, 3.8) is 0 Å². The van der Waals surface area contributed by atoms with Gasteiger partial charge in [0.05, 0.1) is 30.2 Å². The van der Waals surface area contributed by atoms with Crippen molar-refractivity contribution >= 4 is 29.1 Å². The molecule has 1 saturated carbocycles. The van der Waals surface area contributed by atoms with Crippen LogP contribution in [0.3, 0.4) is 0 Å². The normalized spacial score (nSPS) is 25.5. The maximum Gasteiger partial charge on any atom is 0.324 e. The van der Waals surface area contributed by atoms with Crippen molar-refractivity contribution in [2.75, 3.05) is 12.0 Å². The van der Waals surface area contributed by atoms with E-state index in [-0.39, 0.29) is 29.7 Å². The summed E-state index contributed by atoms with van der Waals surface area (Å²) >= 11 is 0. The zero-order valence-corrected chi connectivity index (χ0v) is 18.9. The molecule has 1 aromatic rings. The Labute approximate surface area is 183 Å². The van der Waals surface area contributed by atoms with Gasteiger partial charge in [-0.05, 0) is 64.3 Å². The lowest BCUT2D eigenvalue weighted by Gasteiger charge is -2.42. The molecule has 1 N–H and O–H groups in total. The molecule has 2 fully saturated rings. The molecule has 4 amide bonds. The molecule has 2 heterocycles. The van der Waals surface area contributed by atoms with Gasteiger partial charge in [0.1, 0.15) is 11.9 Å². The SMILES string of the molecule is COc1ccc2c(c1)C(C)=CC(C)(C)N2C(=O)N[C@@H](C)N1C(=O)[C@H]2CCCC[C@H]2C1=O. The first-order valence-corrected chi connectivity index (χ1v) is 11.0. The topological polar surface area (TPSA) is 79.0 Å². The predicted molar refractivity (Wildman–Crippen MR) is 118 cm³/mol. The van der Waals surface area contributed by atoms with E-state index in [2.05, 4.69) is 5.32 Å². The number of likely N-dealkylation sites (tertiary alicyclic amines) is 1. The summed E-state index contributed by atoms with van der Waals surface area (Å²) in [6.07, 6.45) is 4.79. The lowest BCUT2D eigenvalue weighted by molar-refractivity contribution is -0.142. The van der Waals surface area contributed by atoms with Gasteiger partial charge < -0.3 is 10.1 Å². The fourth-order valence-corrected chi connectivity index (χ4v) is 5.38. The summed E-state index contributed by atoms with van der Waals surface area (Å²) in [5, 5.41) is 2.91. The van der Waals surface area contributed by atoms with Crippen molar-refractivity contribution < 1.29 is 19.1 Å². The van der Waals surface area contributed by atoms with Crippen molar-refractivity contribution in [2.24, 2.45) is 11.8 Å². The number of carbonyl (C=O) groups excluding carboxylic acids is 3. The molecule has 7 nitrogen and oxygen atoms in total. The van der Waals surface area contributed by atoms with Crippen LogP contribution in [0.2, 0.25) is 0 Å². The average Bonchev–Trinajstić information content (AvgIpc) is 2.97. The predicted octanol–water partition coefficient (Wildman–Crippen LogP) is 3.93. The molecule has 1 aliphatic carbocycles. The van der Waals surface area contributed by atoms with Crippen molar-refractivity contribution in [1.82, 2.24) is 10.2 Å². The Hall–Kier alpha value is -2.83. The second-order valence-electron chi connectivity index (χ2n) is 9.37. The first kappa shape index (κ1) is 21.4. The summed E-state index contributed by atoms with van der Waals surface area (Å²) in [5.74, 6) is -0.0463. The van der Waals surface area contributed by atoms with Crippen molar-refractivity contribution in [3.8, 4) is 5.75 Å². The van der Waals surface area contributed by atoms with Crippen LogP contribution in [0.15, 0.2) is 24.3 Å². The summed E-state index contributed by atoms with van der Waals surface area (Å²) in [5.41, 5.74) is 2.16. The van der Waals surface area contributed by atoms with Gasteiger partial charge in [-0.15, -0.1) is 0 Å². The van der Waals surface area contributed by atoms with Crippen LogP contribution >= 0.6 is 0 Å². The number of imide groups is 1. The van der Waals surface area contributed by atoms with Gasteiger partial charge in [0.25, 0.3) is 0 Å². The van der Waals surface area contributed by atoms with Gasteiger partial charge in [0.2, 0.25) is 11.8 Å². The lowest BCUT2D eigenvalue weighted by Crippen LogP contribution is -2.58. The number of hydrogen-bond donors (Lipinski definition) is 1. The lowest BCUT2D eigenvalue weighted by atomic mass is 9.81. The number of urea groups is 1. The molecular formula is C24H31N3O4. The number of nitrogens with zero attached hydrogens (tertiary/aromatic N) is 2. The number of methoxy groups -OCH3 is 1. The second kappa shape index (κ2) is 7.70. The highest BCUT2D eigenvalue weighted by atomic mass is 16.5. The van der Waals surface area contributed by atoms with E-state index >= 15 is 0 Å². The summed E-state index contributed by atoms with van der Waals surface area (Å²) in [6, 6.07) is 5.27. The Kier molecular flexibility index (Phi) is 5.31. The van der Waals surface area contributed by atoms with Gasteiger partial charge in [-0.2, -0.15) is 0 Å². The summed E-state index contributed by atoms with van der Waals surface area (Å²) in [6.45, 7) is 7.66. The van der Waals surface area contributed by atoms with Crippen LogP contribution in [0.1, 0.15) is 58.9 Å². The minimum Gasteiger partial charge on any atom is -0.497 e. The molecule has 166 valence electrons. The van der Waals surface area contributed by atoms with Gasteiger partial charge >= 0.3 is 6.03 Å². The largest absolute Gasteiger partial charge is 0.497 e. The highest BCUT2D eigenvalue weighted by Gasteiger charge is 2.50. The molecule has 0 bridgehead atoms. The Morgan fingerprint density at radius 2 is 1.77 bits per heavy atom. The molecule has 0 aromatic heterocycles. The number of anilines is 1. The molecule has 1 saturated heterocycles. The number of rotatable bonds is 3. The van der Waals surface area contributed by atoms with Gasteiger partial charge in [-0.1, -0.05) is 18.9 Å². The molecule has 31 heavy (non-hydrogen) atoms. The molecule has 3 aliphatic rings. The number of ether oxygens (including phenoxy) is 1. The van der Waals surface area contributed by atoms with Gasteiger partial charge in [0.15, 0.2) is 0 Å². The van der Waals surface area contributed by atoms with Gasteiger partial charge in [0, 0.05) is 5.56 Å². The van der Waals surface area contributed by atoms with Crippen LogP contribution < -0.4 is 15.0 Å². The zero-order chi connectivity index (χ0) is 22.5. The highest BCUT2D eigenvalue weighted by molar-refractivity contribution is 6.06. The Morgan fingerprint density at radius 1 is 1.16 bits per heavy atom. The fourth-order valence-electron chi connectivity index (χ4n) is 5.38. The van der Waals surface area contributed by atoms with E-state index in [1.54, 1.807) is 18.9 Å². The molecule has 7 heteroatoms. The standard InChI is InChI=1S/C24H31N3O4/c1-14-13-24(3,4)27(20-11-10-16(31-5)12-19(14)20)23(30)25-15(2)26-21(28)17-8-6-7-9-18(17)22(26)29/h10-13,15,17-18H,6-9H2,1-5H3,(H,25,30)/t15-,17-,18+/m1/s1. The molecule has 0 radical (unpaired) electrons. The molecular weight excluding hydrogens is 394 g/mol. The number of amides is 4. The summed E-state index contributed by atoms with van der Waals surface area (Å²) in [4.78, 5) is 42.2. The third kappa shape index (κ3) is 3.50. The first-order valence-electron chi connectivity index (χ1n) is 11.0. The summed E-state index contributed by atoms with van der Waals surface area (Å²) in [7, 11) is 1.61. The first-order chi connectivity index (χ1) is 14.7. The van der Waals surface area contributed by atoms with E-state index in [0.29, 0.717) is 0 Å². The molecule has 3 atom stereocenters. The van der Waals surface area contributed by atoms with Crippen LogP contribution in [0.25, 0.3) is 5.57 Å². The van der Waals surface area contributed by atoms with E-state index in [1.807, 2.05) is 45.0 Å². The van der Waals surface area contributed by atoms with Crippen LogP contribution in [-0.2, 0) is 9.59 Å². The van der Waals surface area contributed by atoms with E-state index in [1.165, 1.54) is 4.90 Å². The number of fused-ring (bicyclic) bond motifs is 2. The quantitative estimate of drug-likeness (QED) is 0.745. The Bertz CT molecular complexity index is 944. The summed E-state index contributed by atoms with van der Waals surface area (Å²) < 4.78 is 5.35. The highest BCUT2D eigenvalue weighted by Crippen LogP contribution is 2.41.